The predicted octanol–water partition coefficient (Wildman–Crippen LogP) is 5.52. The zero-order chi connectivity index (χ0) is 18.4. The zero-order valence-electron chi connectivity index (χ0n) is 13.8. The SMILES string of the molecule is O=C(OCc1ccc(Br)cc1F)c1ccccc1COc1ccccc1. The lowest BCUT2D eigenvalue weighted by molar-refractivity contribution is 0.0466. The van der Waals surface area contributed by atoms with Gasteiger partial charge < -0.3 is 9.47 Å². The molecule has 132 valence electrons. The summed E-state index contributed by atoms with van der Waals surface area (Å²) in [5.74, 6) is -0.222. The average molecular weight is 415 g/mol. The van der Waals surface area contributed by atoms with Gasteiger partial charge in [0, 0.05) is 15.6 Å². The van der Waals surface area contributed by atoms with Crippen LogP contribution in [0.15, 0.2) is 77.3 Å². The lowest BCUT2D eigenvalue weighted by Crippen LogP contribution is -2.10. The third-order valence-electron chi connectivity index (χ3n) is 3.75. The van der Waals surface area contributed by atoms with Crippen molar-refractivity contribution < 1.29 is 18.7 Å². The van der Waals surface area contributed by atoms with Crippen molar-refractivity contribution in [2.24, 2.45) is 0 Å². The van der Waals surface area contributed by atoms with Crippen molar-refractivity contribution >= 4 is 21.9 Å². The fraction of sp³-hybridized carbons (Fsp3) is 0.0952. The van der Waals surface area contributed by atoms with E-state index in [-0.39, 0.29) is 13.2 Å². The molecule has 0 aliphatic heterocycles. The third-order valence-corrected chi connectivity index (χ3v) is 4.24. The molecule has 0 radical (unpaired) electrons. The van der Waals surface area contributed by atoms with Gasteiger partial charge in [-0.15, -0.1) is 0 Å². The Hall–Kier alpha value is -2.66. The molecule has 3 aromatic carbocycles. The monoisotopic (exact) mass is 414 g/mol. The summed E-state index contributed by atoms with van der Waals surface area (Å²) in [6.07, 6.45) is 0. The van der Waals surface area contributed by atoms with Crippen LogP contribution < -0.4 is 4.74 Å². The molecule has 0 saturated heterocycles. The van der Waals surface area contributed by atoms with Gasteiger partial charge in [-0.3, -0.25) is 0 Å². The van der Waals surface area contributed by atoms with Crippen LogP contribution in [0.3, 0.4) is 0 Å². The lowest BCUT2D eigenvalue weighted by atomic mass is 10.1. The number of carbonyl (C=O) groups excluding carboxylic acids is 1. The summed E-state index contributed by atoms with van der Waals surface area (Å²) in [5.41, 5.74) is 1.43. The second-order valence-corrected chi connectivity index (χ2v) is 6.49. The van der Waals surface area contributed by atoms with Gasteiger partial charge in [-0.05, 0) is 30.3 Å². The van der Waals surface area contributed by atoms with Crippen molar-refractivity contribution in [3.8, 4) is 5.75 Å². The molecular formula is C21H16BrFO3. The maximum absolute atomic E-state index is 13.8. The third kappa shape index (κ3) is 4.70. The number of halogens is 2. The van der Waals surface area contributed by atoms with Crippen LogP contribution in [0.2, 0.25) is 0 Å². The molecule has 3 rings (SSSR count). The molecule has 0 heterocycles. The van der Waals surface area contributed by atoms with Crippen LogP contribution in [0.25, 0.3) is 0 Å². The molecule has 0 N–H and O–H groups in total. The topological polar surface area (TPSA) is 35.5 Å². The maximum atomic E-state index is 13.8. The molecule has 0 atom stereocenters. The fourth-order valence-corrected chi connectivity index (χ4v) is 2.72. The molecule has 0 spiro atoms. The highest BCUT2D eigenvalue weighted by atomic mass is 79.9. The number of ether oxygens (including phenoxy) is 2. The van der Waals surface area contributed by atoms with Crippen LogP contribution in [0.1, 0.15) is 21.5 Å². The first-order chi connectivity index (χ1) is 12.6. The molecule has 0 saturated carbocycles. The Morgan fingerprint density at radius 3 is 2.38 bits per heavy atom. The highest BCUT2D eigenvalue weighted by Gasteiger charge is 2.14. The van der Waals surface area contributed by atoms with Crippen LogP contribution >= 0.6 is 15.9 Å². The highest BCUT2D eigenvalue weighted by molar-refractivity contribution is 9.10. The summed E-state index contributed by atoms with van der Waals surface area (Å²) in [6, 6.07) is 21.0. The number of hydrogen-bond donors (Lipinski definition) is 0. The van der Waals surface area contributed by atoms with Crippen LogP contribution in [0, 0.1) is 5.82 Å². The van der Waals surface area contributed by atoms with Gasteiger partial charge in [0.1, 0.15) is 24.8 Å². The van der Waals surface area contributed by atoms with Crippen LogP contribution in [-0.2, 0) is 18.0 Å². The standard InChI is InChI=1S/C21H16BrFO3/c22-17-11-10-16(20(23)12-17)14-26-21(24)19-9-5-4-6-15(19)13-25-18-7-2-1-3-8-18/h1-12H,13-14H2. The van der Waals surface area contributed by atoms with Crippen LogP contribution in [-0.4, -0.2) is 5.97 Å². The van der Waals surface area contributed by atoms with Crippen molar-refractivity contribution in [2.45, 2.75) is 13.2 Å². The Morgan fingerprint density at radius 2 is 1.62 bits per heavy atom. The number of carbonyl (C=O) groups is 1. The molecule has 0 unspecified atom stereocenters. The quantitative estimate of drug-likeness (QED) is 0.497. The number of rotatable bonds is 6. The molecule has 3 nitrogen and oxygen atoms in total. The molecule has 0 bridgehead atoms. The first-order valence-corrected chi connectivity index (χ1v) is 8.79. The van der Waals surface area contributed by atoms with Gasteiger partial charge in [0.2, 0.25) is 0 Å². The minimum absolute atomic E-state index is 0.133. The van der Waals surface area contributed by atoms with Gasteiger partial charge >= 0.3 is 5.97 Å². The second kappa shape index (κ2) is 8.63. The largest absolute Gasteiger partial charge is 0.489 e. The smallest absolute Gasteiger partial charge is 0.338 e. The Morgan fingerprint density at radius 1 is 0.885 bits per heavy atom. The second-order valence-electron chi connectivity index (χ2n) is 5.57. The molecule has 0 aromatic heterocycles. The Bertz CT molecular complexity index is 897. The molecule has 3 aromatic rings. The van der Waals surface area contributed by atoms with Gasteiger partial charge in [0.15, 0.2) is 0 Å². The normalized spacial score (nSPS) is 10.4. The van der Waals surface area contributed by atoms with E-state index in [1.54, 1.807) is 30.3 Å². The highest BCUT2D eigenvalue weighted by Crippen LogP contribution is 2.18. The first-order valence-electron chi connectivity index (χ1n) is 8.00. The van der Waals surface area contributed by atoms with E-state index in [1.807, 2.05) is 36.4 Å². The van der Waals surface area contributed by atoms with E-state index in [4.69, 9.17) is 9.47 Å². The average Bonchev–Trinajstić information content (AvgIpc) is 2.66. The molecule has 0 aliphatic carbocycles. The molecule has 0 aliphatic rings. The van der Waals surface area contributed by atoms with E-state index in [0.717, 1.165) is 0 Å². The Kier molecular flexibility index (Phi) is 6.02. The zero-order valence-corrected chi connectivity index (χ0v) is 15.4. The summed E-state index contributed by atoms with van der Waals surface area (Å²) in [7, 11) is 0. The van der Waals surface area contributed by atoms with Crippen molar-refractivity contribution in [2.75, 3.05) is 0 Å². The maximum Gasteiger partial charge on any atom is 0.338 e. The van der Waals surface area contributed by atoms with Gasteiger partial charge in [-0.1, -0.05) is 58.4 Å². The lowest BCUT2D eigenvalue weighted by Gasteiger charge is -2.11. The van der Waals surface area contributed by atoms with Gasteiger partial charge in [0.25, 0.3) is 0 Å². The summed E-state index contributed by atoms with van der Waals surface area (Å²) in [4.78, 5) is 12.4. The number of esters is 1. The van der Waals surface area contributed by atoms with E-state index in [9.17, 15) is 9.18 Å². The summed E-state index contributed by atoms with van der Waals surface area (Å²) >= 11 is 3.20. The molecule has 26 heavy (non-hydrogen) atoms. The van der Waals surface area contributed by atoms with Crippen LogP contribution in [0.4, 0.5) is 4.39 Å². The molecule has 0 fully saturated rings. The van der Waals surface area contributed by atoms with E-state index < -0.39 is 11.8 Å². The van der Waals surface area contributed by atoms with Crippen molar-refractivity contribution in [1.82, 2.24) is 0 Å². The number of hydrogen-bond acceptors (Lipinski definition) is 3. The minimum atomic E-state index is -0.514. The van der Waals surface area contributed by atoms with Crippen molar-refractivity contribution in [3.05, 3.63) is 99.8 Å². The summed E-state index contributed by atoms with van der Waals surface area (Å²) in [5, 5.41) is 0. The number of benzene rings is 3. The van der Waals surface area contributed by atoms with Gasteiger partial charge in [0.05, 0.1) is 5.56 Å². The van der Waals surface area contributed by atoms with Crippen molar-refractivity contribution in [1.29, 1.82) is 0 Å². The van der Waals surface area contributed by atoms with E-state index in [0.29, 0.717) is 26.9 Å². The first kappa shape index (κ1) is 18.1. The molecular weight excluding hydrogens is 399 g/mol. The minimum Gasteiger partial charge on any atom is -0.489 e. The van der Waals surface area contributed by atoms with Gasteiger partial charge in [-0.25, -0.2) is 9.18 Å². The predicted molar refractivity (Wildman–Crippen MR) is 100 cm³/mol. The van der Waals surface area contributed by atoms with Gasteiger partial charge in [-0.2, -0.15) is 0 Å². The molecule has 5 heteroatoms. The fourth-order valence-electron chi connectivity index (χ4n) is 2.38. The Labute approximate surface area is 159 Å². The summed E-state index contributed by atoms with van der Waals surface area (Å²) in [6.45, 7) is 0.105. The Balaban J connectivity index is 1.67. The van der Waals surface area contributed by atoms with Crippen molar-refractivity contribution in [3.63, 3.8) is 0 Å². The summed E-state index contributed by atoms with van der Waals surface area (Å²) < 4.78 is 25.5. The number of para-hydroxylation sites is 1. The molecule has 0 amide bonds. The van der Waals surface area contributed by atoms with E-state index >= 15 is 0 Å². The van der Waals surface area contributed by atoms with E-state index in [2.05, 4.69) is 15.9 Å². The van der Waals surface area contributed by atoms with E-state index in [1.165, 1.54) is 6.07 Å². The van der Waals surface area contributed by atoms with Crippen LogP contribution in [0.5, 0.6) is 5.75 Å².